The Morgan fingerprint density at radius 3 is 2.51 bits per heavy atom. The van der Waals surface area contributed by atoms with Crippen LogP contribution in [-0.2, 0) is 16.1 Å². The first-order valence-corrected chi connectivity index (χ1v) is 13.2. The van der Waals surface area contributed by atoms with E-state index in [0.717, 1.165) is 30.8 Å². The molecule has 204 valence electrons. The Bertz CT molecular complexity index is 1250. The highest BCUT2D eigenvalue weighted by atomic mass is 16.6. The summed E-state index contributed by atoms with van der Waals surface area (Å²) >= 11 is 0. The van der Waals surface area contributed by atoms with Crippen LogP contribution in [-0.4, -0.2) is 74.1 Å². The van der Waals surface area contributed by atoms with Crippen molar-refractivity contribution in [3.63, 3.8) is 0 Å². The molecule has 2 fully saturated rings. The van der Waals surface area contributed by atoms with Gasteiger partial charge in [-0.05, 0) is 41.5 Å². The molecule has 2 aliphatic rings. The lowest BCUT2D eigenvalue weighted by Gasteiger charge is -2.26. The zero-order valence-corrected chi connectivity index (χ0v) is 21.7. The molecule has 39 heavy (non-hydrogen) atoms. The number of nitrogens with zero attached hydrogens (tertiary/aromatic N) is 2. The summed E-state index contributed by atoms with van der Waals surface area (Å²) in [6.45, 7) is 4.51. The average molecular weight is 532 g/mol. The van der Waals surface area contributed by atoms with Crippen LogP contribution in [0, 0.1) is 0 Å². The Hall–Kier alpha value is -3.92. The number of aliphatic hydroxyl groups excluding tert-OH is 1. The summed E-state index contributed by atoms with van der Waals surface area (Å²) < 4.78 is 16.8. The van der Waals surface area contributed by atoms with Crippen LogP contribution < -0.4 is 15.0 Å². The van der Waals surface area contributed by atoms with E-state index in [2.05, 4.69) is 10.2 Å². The first kappa shape index (κ1) is 26.7. The largest absolute Gasteiger partial charge is 0.489 e. The van der Waals surface area contributed by atoms with Gasteiger partial charge in [-0.1, -0.05) is 48.5 Å². The minimum Gasteiger partial charge on any atom is -0.489 e. The van der Waals surface area contributed by atoms with Crippen molar-refractivity contribution in [3.05, 3.63) is 95.6 Å². The van der Waals surface area contributed by atoms with Crippen molar-refractivity contribution in [1.82, 2.24) is 10.2 Å². The number of aliphatic hydroxyl groups is 1. The number of benzene rings is 3. The number of hydrogen-bond donors (Lipinski definition) is 2. The van der Waals surface area contributed by atoms with Crippen LogP contribution in [0.3, 0.4) is 0 Å². The molecule has 0 radical (unpaired) electrons. The second-order valence-electron chi connectivity index (χ2n) is 9.52. The van der Waals surface area contributed by atoms with E-state index in [9.17, 15) is 14.7 Å². The van der Waals surface area contributed by atoms with E-state index in [0.29, 0.717) is 43.4 Å². The smallest absolute Gasteiger partial charge is 0.415 e. The summed E-state index contributed by atoms with van der Waals surface area (Å²) in [6.07, 6.45) is -1.33. The van der Waals surface area contributed by atoms with Crippen LogP contribution in [0.25, 0.3) is 0 Å². The van der Waals surface area contributed by atoms with E-state index in [-0.39, 0.29) is 12.5 Å². The van der Waals surface area contributed by atoms with Crippen molar-refractivity contribution < 1.29 is 28.9 Å². The maximum Gasteiger partial charge on any atom is 0.415 e. The SMILES string of the molecule is O=C(NCCN1CCOCC1)c1cccc(N2C(=O)OC(CO)C2c2ccc(OCc3ccccc3)cc2)c1. The predicted octanol–water partition coefficient (Wildman–Crippen LogP) is 3.39. The summed E-state index contributed by atoms with van der Waals surface area (Å²) in [5.41, 5.74) is 2.81. The molecule has 3 aromatic carbocycles. The van der Waals surface area contributed by atoms with E-state index in [1.807, 2.05) is 54.6 Å². The Labute approximate surface area is 227 Å². The third kappa shape index (κ3) is 6.57. The lowest BCUT2D eigenvalue weighted by Crippen LogP contribution is -2.41. The van der Waals surface area contributed by atoms with Gasteiger partial charge in [0.2, 0.25) is 0 Å². The number of anilines is 1. The van der Waals surface area contributed by atoms with Crippen molar-refractivity contribution in [1.29, 1.82) is 0 Å². The standard InChI is InChI=1S/C30H33N3O6/c34-20-27-28(23-9-11-26(12-10-23)38-21-22-5-2-1-3-6-22)33(30(36)39-27)25-8-4-7-24(19-25)29(35)31-13-14-32-15-17-37-18-16-32/h1-12,19,27-28,34H,13-18,20-21H2,(H,31,35). The van der Waals surface area contributed by atoms with Gasteiger partial charge < -0.3 is 24.6 Å². The molecule has 9 heteroatoms. The molecule has 2 heterocycles. The molecule has 0 bridgehead atoms. The van der Waals surface area contributed by atoms with E-state index >= 15 is 0 Å². The number of carbonyl (C=O) groups excluding carboxylic acids is 2. The Morgan fingerprint density at radius 1 is 1.00 bits per heavy atom. The number of morpholine rings is 1. The van der Waals surface area contributed by atoms with Gasteiger partial charge in [0.15, 0.2) is 6.10 Å². The van der Waals surface area contributed by atoms with Crippen LogP contribution in [0.15, 0.2) is 78.9 Å². The van der Waals surface area contributed by atoms with Crippen molar-refractivity contribution in [3.8, 4) is 5.75 Å². The van der Waals surface area contributed by atoms with Gasteiger partial charge in [0, 0.05) is 37.4 Å². The van der Waals surface area contributed by atoms with Gasteiger partial charge in [-0.2, -0.15) is 0 Å². The van der Waals surface area contributed by atoms with Crippen molar-refractivity contribution >= 4 is 17.7 Å². The molecular formula is C30H33N3O6. The van der Waals surface area contributed by atoms with Crippen molar-refractivity contribution in [2.24, 2.45) is 0 Å². The molecule has 2 N–H and O–H groups in total. The van der Waals surface area contributed by atoms with Gasteiger partial charge in [0.1, 0.15) is 18.4 Å². The van der Waals surface area contributed by atoms with Crippen LogP contribution in [0.1, 0.15) is 27.5 Å². The van der Waals surface area contributed by atoms with Gasteiger partial charge >= 0.3 is 6.09 Å². The highest BCUT2D eigenvalue weighted by Crippen LogP contribution is 2.38. The summed E-state index contributed by atoms with van der Waals surface area (Å²) in [6, 6.07) is 23.6. The quantitative estimate of drug-likeness (QED) is 0.414. The highest BCUT2D eigenvalue weighted by Gasteiger charge is 2.43. The average Bonchev–Trinajstić information content (AvgIpc) is 3.33. The van der Waals surface area contributed by atoms with Crippen LogP contribution in [0.2, 0.25) is 0 Å². The van der Waals surface area contributed by atoms with E-state index in [1.54, 1.807) is 24.3 Å². The van der Waals surface area contributed by atoms with Gasteiger partial charge in [-0.3, -0.25) is 14.6 Å². The number of carbonyl (C=O) groups is 2. The van der Waals surface area contributed by atoms with Gasteiger partial charge in [-0.25, -0.2) is 4.79 Å². The summed E-state index contributed by atoms with van der Waals surface area (Å²) in [5.74, 6) is 0.476. The predicted molar refractivity (Wildman–Crippen MR) is 146 cm³/mol. The second-order valence-corrected chi connectivity index (χ2v) is 9.52. The maximum absolute atomic E-state index is 12.9. The minimum absolute atomic E-state index is 0.215. The maximum atomic E-state index is 12.9. The number of hydrogen-bond acceptors (Lipinski definition) is 7. The monoisotopic (exact) mass is 531 g/mol. The van der Waals surface area contributed by atoms with Crippen molar-refractivity contribution in [2.45, 2.75) is 18.8 Å². The number of nitrogens with one attached hydrogen (secondary N) is 1. The first-order valence-electron chi connectivity index (χ1n) is 13.2. The third-order valence-electron chi connectivity index (χ3n) is 6.93. The van der Waals surface area contributed by atoms with Gasteiger partial charge in [0.05, 0.1) is 19.8 Å². The third-order valence-corrected chi connectivity index (χ3v) is 6.93. The van der Waals surface area contributed by atoms with E-state index in [4.69, 9.17) is 14.2 Å². The molecule has 0 aliphatic carbocycles. The lowest BCUT2D eigenvalue weighted by atomic mass is 10.00. The molecule has 0 saturated carbocycles. The fourth-order valence-electron chi connectivity index (χ4n) is 4.85. The minimum atomic E-state index is -0.750. The molecule has 9 nitrogen and oxygen atoms in total. The van der Waals surface area contributed by atoms with Crippen LogP contribution in [0.5, 0.6) is 5.75 Å². The number of amides is 2. The Kier molecular flexibility index (Phi) is 8.72. The number of ether oxygens (including phenoxy) is 3. The number of cyclic esters (lactones) is 1. The molecule has 3 aromatic rings. The molecular weight excluding hydrogens is 498 g/mol. The summed E-state index contributed by atoms with van der Waals surface area (Å²) in [4.78, 5) is 29.5. The molecule has 2 unspecified atom stereocenters. The fourth-order valence-corrected chi connectivity index (χ4v) is 4.85. The van der Waals surface area contributed by atoms with Crippen molar-refractivity contribution in [2.75, 3.05) is 50.9 Å². The lowest BCUT2D eigenvalue weighted by molar-refractivity contribution is 0.0383. The highest BCUT2D eigenvalue weighted by molar-refractivity contribution is 5.97. The second kappa shape index (κ2) is 12.8. The Balaban J connectivity index is 1.27. The van der Waals surface area contributed by atoms with E-state index < -0.39 is 18.2 Å². The number of rotatable bonds is 10. The zero-order valence-electron chi connectivity index (χ0n) is 21.7. The topological polar surface area (TPSA) is 101 Å². The Morgan fingerprint density at radius 2 is 1.77 bits per heavy atom. The molecule has 2 amide bonds. The molecule has 2 saturated heterocycles. The fraction of sp³-hybridized carbons (Fsp3) is 0.333. The summed E-state index contributed by atoms with van der Waals surface area (Å²) in [7, 11) is 0. The molecule has 5 rings (SSSR count). The van der Waals surface area contributed by atoms with E-state index in [1.165, 1.54) is 4.90 Å². The molecule has 2 aliphatic heterocycles. The first-order chi connectivity index (χ1) is 19.1. The molecule has 2 atom stereocenters. The normalized spacial score (nSPS) is 19.5. The molecule has 0 aromatic heterocycles. The van der Waals surface area contributed by atoms with Gasteiger partial charge in [0.25, 0.3) is 5.91 Å². The molecule has 0 spiro atoms. The van der Waals surface area contributed by atoms with Gasteiger partial charge in [-0.15, -0.1) is 0 Å². The summed E-state index contributed by atoms with van der Waals surface area (Å²) in [5, 5.41) is 12.9. The zero-order chi connectivity index (χ0) is 27.0. The van der Waals surface area contributed by atoms with Crippen LogP contribution in [0.4, 0.5) is 10.5 Å². The van der Waals surface area contributed by atoms with Crippen LogP contribution >= 0.6 is 0 Å².